The van der Waals surface area contributed by atoms with E-state index in [1.165, 1.54) is 19.2 Å². The van der Waals surface area contributed by atoms with E-state index >= 15 is 0 Å². The van der Waals surface area contributed by atoms with Crippen LogP contribution in [0.15, 0.2) is 81.9 Å². The van der Waals surface area contributed by atoms with Gasteiger partial charge in [-0.15, -0.1) is 0 Å². The van der Waals surface area contributed by atoms with E-state index in [1.54, 1.807) is 43.3 Å². The van der Waals surface area contributed by atoms with Crippen LogP contribution in [-0.4, -0.2) is 23.8 Å². The Balaban J connectivity index is 1.63. The van der Waals surface area contributed by atoms with E-state index < -0.39 is 16.8 Å². The standard InChI is InChI=1S/C25H18N2O6/c1-13-20(25(29)32-2)21(22-23(26-13)16-5-3-4-6-17(16)24(22)28)19-12-11-18(33-19)14-7-9-15(10-8-14)27(30)31/h3-12,21,26H,1-2H3/t21-/m0/s1. The van der Waals surface area contributed by atoms with Crippen LogP contribution in [0.25, 0.3) is 17.0 Å². The molecule has 0 spiro atoms. The Morgan fingerprint density at radius 1 is 1.06 bits per heavy atom. The molecule has 0 saturated carbocycles. The number of benzene rings is 2. The molecular formula is C25H18N2O6. The molecule has 2 aliphatic rings. The number of ether oxygens (including phenoxy) is 1. The smallest absolute Gasteiger partial charge is 0.336 e. The van der Waals surface area contributed by atoms with Gasteiger partial charge in [-0.1, -0.05) is 24.3 Å². The second kappa shape index (κ2) is 7.59. The molecule has 2 heterocycles. The summed E-state index contributed by atoms with van der Waals surface area (Å²) in [7, 11) is 1.29. The first-order valence-corrected chi connectivity index (χ1v) is 10.2. The molecule has 8 heteroatoms. The number of hydrogen-bond donors (Lipinski definition) is 1. The molecule has 164 valence electrons. The van der Waals surface area contributed by atoms with Crippen LogP contribution >= 0.6 is 0 Å². The molecule has 0 unspecified atom stereocenters. The lowest BCUT2D eigenvalue weighted by atomic mass is 9.83. The molecule has 8 nitrogen and oxygen atoms in total. The molecule has 0 saturated heterocycles. The van der Waals surface area contributed by atoms with Crippen LogP contribution < -0.4 is 5.32 Å². The van der Waals surface area contributed by atoms with Crippen molar-refractivity contribution in [3.05, 3.63) is 105 Å². The van der Waals surface area contributed by atoms with Crippen LogP contribution in [0, 0.1) is 10.1 Å². The average molecular weight is 442 g/mol. The summed E-state index contributed by atoms with van der Waals surface area (Å²) in [5.41, 5.74) is 3.88. The number of nitrogens with one attached hydrogen (secondary N) is 1. The molecule has 1 atom stereocenters. The van der Waals surface area contributed by atoms with Gasteiger partial charge in [0.25, 0.3) is 5.69 Å². The first-order valence-electron chi connectivity index (χ1n) is 10.2. The molecule has 1 aliphatic heterocycles. The van der Waals surface area contributed by atoms with Gasteiger partial charge in [0.05, 0.1) is 29.2 Å². The third-order valence-corrected chi connectivity index (χ3v) is 5.93. The van der Waals surface area contributed by atoms with E-state index in [0.717, 1.165) is 5.56 Å². The molecule has 1 aromatic heterocycles. The largest absolute Gasteiger partial charge is 0.466 e. The van der Waals surface area contributed by atoms with Crippen molar-refractivity contribution in [3.8, 4) is 11.3 Å². The number of esters is 1. The molecule has 0 fully saturated rings. The first kappa shape index (κ1) is 20.4. The minimum absolute atomic E-state index is 0.0282. The predicted molar refractivity (Wildman–Crippen MR) is 119 cm³/mol. The van der Waals surface area contributed by atoms with Crippen molar-refractivity contribution in [3.63, 3.8) is 0 Å². The Labute approximate surface area is 188 Å². The summed E-state index contributed by atoms with van der Waals surface area (Å²) in [6, 6.07) is 16.7. The summed E-state index contributed by atoms with van der Waals surface area (Å²) in [5, 5.41) is 14.2. The van der Waals surface area contributed by atoms with Gasteiger partial charge in [0, 0.05) is 40.1 Å². The fourth-order valence-electron chi connectivity index (χ4n) is 4.40. The van der Waals surface area contributed by atoms with Gasteiger partial charge in [0.15, 0.2) is 5.78 Å². The highest BCUT2D eigenvalue weighted by atomic mass is 16.6. The van der Waals surface area contributed by atoms with Crippen LogP contribution in [-0.2, 0) is 9.53 Å². The van der Waals surface area contributed by atoms with E-state index in [0.29, 0.717) is 45.2 Å². The maximum atomic E-state index is 13.4. The lowest BCUT2D eigenvalue weighted by Crippen LogP contribution is -2.28. The summed E-state index contributed by atoms with van der Waals surface area (Å²) in [4.78, 5) is 36.6. The van der Waals surface area contributed by atoms with Gasteiger partial charge in [0.2, 0.25) is 0 Å². The van der Waals surface area contributed by atoms with Crippen LogP contribution in [0.3, 0.4) is 0 Å². The highest BCUT2D eigenvalue weighted by Gasteiger charge is 2.44. The van der Waals surface area contributed by atoms with E-state index in [9.17, 15) is 19.7 Å². The highest BCUT2D eigenvalue weighted by molar-refractivity contribution is 6.23. The second-order valence-electron chi connectivity index (χ2n) is 7.76. The zero-order valence-electron chi connectivity index (χ0n) is 17.7. The predicted octanol–water partition coefficient (Wildman–Crippen LogP) is 4.60. The maximum Gasteiger partial charge on any atom is 0.336 e. The van der Waals surface area contributed by atoms with Gasteiger partial charge < -0.3 is 14.5 Å². The number of methoxy groups -OCH3 is 1. The third-order valence-electron chi connectivity index (χ3n) is 5.93. The van der Waals surface area contributed by atoms with E-state index in [4.69, 9.17) is 9.15 Å². The van der Waals surface area contributed by atoms with Crippen molar-refractivity contribution in [2.75, 3.05) is 7.11 Å². The number of dihydropyridines is 1. The molecule has 2 aromatic carbocycles. The number of ketones is 1. The highest BCUT2D eigenvalue weighted by Crippen LogP contribution is 2.47. The topological polar surface area (TPSA) is 112 Å². The van der Waals surface area contributed by atoms with Crippen LogP contribution in [0.1, 0.15) is 34.5 Å². The van der Waals surface area contributed by atoms with Crippen molar-refractivity contribution < 1.29 is 23.7 Å². The molecule has 5 rings (SSSR count). The number of hydrogen-bond acceptors (Lipinski definition) is 7. The van der Waals surface area contributed by atoms with E-state index in [1.807, 2.05) is 12.1 Å². The molecule has 1 aliphatic carbocycles. The molecule has 33 heavy (non-hydrogen) atoms. The number of carbonyl (C=O) groups excluding carboxylic acids is 2. The maximum absolute atomic E-state index is 13.4. The zero-order chi connectivity index (χ0) is 23.3. The fourth-order valence-corrected chi connectivity index (χ4v) is 4.40. The number of rotatable bonds is 4. The number of non-ortho nitro benzene ring substituents is 1. The number of Topliss-reactive ketones (excluding diaryl/α,β-unsaturated/α-hetero) is 1. The molecule has 0 bridgehead atoms. The van der Waals surface area contributed by atoms with E-state index in [2.05, 4.69) is 5.32 Å². The Morgan fingerprint density at radius 2 is 1.76 bits per heavy atom. The SMILES string of the molecule is COC(=O)C1=C(C)NC2=C(C(=O)c3ccccc32)[C@H]1c1ccc(-c2ccc([N+](=O)[O-])cc2)o1. The zero-order valence-corrected chi connectivity index (χ0v) is 17.7. The fraction of sp³-hybridized carbons (Fsp3) is 0.120. The number of allylic oxidation sites excluding steroid dienone is 2. The molecule has 3 aromatic rings. The van der Waals surface area contributed by atoms with Gasteiger partial charge in [-0.05, 0) is 31.2 Å². The normalized spacial score (nSPS) is 16.9. The number of furan rings is 1. The summed E-state index contributed by atoms with van der Waals surface area (Å²) in [6.07, 6.45) is 0. The summed E-state index contributed by atoms with van der Waals surface area (Å²) >= 11 is 0. The van der Waals surface area contributed by atoms with Gasteiger partial charge in [-0.25, -0.2) is 4.79 Å². The van der Waals surface area contributed by atoms with Gasteiger partial charge >= 0.3 is 5.97 Å². The van der Waals surface area contributed by atoms with Crippen LogP contribution in [0.2, 0.25) is 0 Å². The van der Waals surface area contributed by atoms with Crippen molar-refractivity contribution in [2.24, 2.45) is 0 Å². The monoisotopic (exact) mass is 442 g/mol. The lowest BCUT2D eigenvalue weighted by Gasteiger charge is -2.27. The number of nitro groups is 1. The van der Waals surface area contributed by atoms with Crippen molar-refractivity contribution in [1.29, 1.82) is 0 Å². The van der Waals surface area contributed by atoms with Gasteiger partial charge in [-0.3, -0.25) is 14.9 Å². The quantitative estimate of drug-likeness (QED) is 0.357. The summed E-state index contributed by atoms with van der Waals surface area (Å²) in [5.74, 6) is -0.641. The van der Waals surface area contributed by atoms with E-state index in [-0.39, 0.29) is 11.5 Å². The minimum atomic E-state index is -0.764. The molecular weight excluding hydrogens is 424 g/mol. The van der Waals surface area contributed by atoms with Crippen molar-refractivity contribution >= 4 is 23.1 Å². The number of fused-ring (bicyclic) bond motifs is 2. The first-order chi connectivity index (χ1) is 15.9. The number of nitrogens with zero attached hydrogens (tertiary/aromatic N) is 1. The van der Waals surface area contributed by atoms with Crippen LogP contribution in [0.4, 0.5) is 5.69 Å². The van der Waals surface area contributed by atoms with Crippen LogP contribution in [0.5, 0.6) is 0 Å². The minimum Gasteiger partial charge on any atom is -0.466 e. The Morgan fingerprint density at radius 3 is 2.42 bits per heavy atom. The Hall–Kier alpha value is -4.46. The third kappa shape index (κ3) is 3.15. The lowest BCUT2D eigenvalue weighted by molar-refractivity contribution is -0.384. The number of nitro benzene ring substituents is 1. The van der Waals surface area contributed by atoms with Gasteiger partial charge in [0.1, 0.15) is 11.5 Å². The summed E-state index contributed by atoms with van der Waals surface area (Å²) in [6.45, 7) is 1.76. The van der Waals surface area contributed by atoms with Crippen molar-refractivity contribution in [2.45, 2.75) is 12.8 Å². The Bertz CT molecular complexity index is 1390. The molecule has 0 radical (unpaired) electrons. The summed E-state index contributed by atoms with van der Waals surface area (Å²) < 4.78 is 11.1. The van der Waals surface area contributed by atoms with Crippen molar-refractivity contribution in [1.82, 2.24) is 5.32 Å². The average Bonchev–Trinajstić information content (AvgIpc) is 3.42. The van der Waals surface area contributed by atoms with Gasteiger partial charge in [-0.2, -0.15) is 0 Å². The number of carbonyl (C=O) groups is 2. The second-order valence-corrected chi connectivity index (χ2v) is 7.76. The molecule has 1 N–H and O–H groups in total. The Kier molecular flexibility index (Phi) is 4.70. The molecule has 0 amide bonds.